The summed E-state index contributed by atoms with van der Waals surface area (Å²) >= 11 is 1.41. The van der Waals surface area contributed by atoms with Crippen LogP contribution in [0.5, 0.6) is 5.75 Å². The molecule has 8 nitrogen and oxygen atoms in total. The fourth-order valence-corrected chi connectivity index (χ4v) is 4.31. The maximum Gasteiger partial charge on any atom is 0.349 e. The molecule has 1 N–H and O–H groups in total. The number of non-ortho nitro benzene ring substituents is 1. The van der Waals surface area contributed by atoms with Gasteiger partial charge in [-0.05, 0) is 49.8 Å². The van der Waals surface area contributed by atoms with Gasteiger partial charge in [0.2, 0.25) is 0 Å². The molecule has 3 rings (SSSR count). The number of esters is 1. The first-order chi connectivity index (χ1) is 13.8. The number of nitro groups is 1. The van der Waals surface area contributed by atoms with E-state index in [0.29, 0.717) is 10.8 Å². The topological polar surface area (TPSA) is 108 Å². The fraction of sp³-hybridized carbons (Fsp3) is 0.400. The largest absolute Gasteiger partial charge is 0.495 e. The zero-order valence-electron chi connectivity index (χ0n) is 16.4. The van der Waals surface area contributed by atoms with Gasteiger partial charge in [-0.3, -0.25) is 14.9 Å². The number of nitrogens with one attached hydrogen (secondary N) is 1. The Labute approximate surface area is 172 Å². The maximum absolute atomic E-state index is 12.5. The van der Waals surface area contributed by atoms with Gasteiger partial charge in [-0.25, -0.2) is 4.79 Å². The van der Waals surface area contributed by atoms with Gasteiger partial charge in [0.15, 0.2) is 6.10 Å². The molecule has 154 valence electrons. The molecule has 0 saturated carbocycles. The number of hydrogen-bond donors (Lipinski definition) is 1. The second-order valence-corrected chi connectivity index (χ2v) is 8.22. The van der Waals surface area contributed by atoms with Gasteiger partial charge in [0.1, 0.15) is 10.6 Å². The van der Waals surface area contributed by atoms with Crippen LogP contribution in [0.25, 0.3) is 0 Å². The molecule has 1 heterocycles. The third-order valence-electron chi connectivity index (χ3n) is 4.84. The number of amides is 1. The van der Waals surface area contributed by atoms with Crippen molar-refractivity contribution in [2.24, 2.45) is 5.92 Å². The van der Waals surface area contributed by atoms with Crippen molar-refractivity contribution in [3.63, 3.8) is 0 Å². The molecular formula is C20H22N2O6S. The van der Waals surface area contributed by atoms with Crippen molar-refractivity contribution in [1.29, 1.82) is 0 Å². The maximum atomic E-state index is 12.5. The summed E-state index contributed by atoms with van der Waals surface area (Å²) in [5.74, 6) is -0.295. The molecule has 2 aromatic rings. The number of ether oxygens (including phenoxy) is 2. The highest BCUT2D eigenvalue weighted by atomic mass is 32.1. The van der Waals surface area contributed by atoms with Crippen LogP contribution in [0, 0.1) is 16.0 Å². The monoisotopic (exact) mass is 418 g/mol. The number of methoxy groups -OCH3 is 1. The molecule has 1 aromatic heterocycles. The summed E-state index contributed by atoms with van der Waals surface area (Å²) < 4.78 is 10.4. The van der Waals surface area contributed by atoms with E-state index in [9.17, 15) is 19.7 Å². The van der Waals surface area contributed by atoms with Gasteiger partial charge < -0.3 is 14.8 Å². The Kier molecular flexibility index (Phi) is 6.17. The number of benzene rings is 1. The van der Waals surface area contributed by atoms with E-state index in [2.05, 4.69) is 12.2 Å². The number of carbonyl (C=O) groups excluding carboxylic acids is 2. The first-order valence-electron chi connectivity index (χ1n) is 9.24. The molecule has 2 atom stereocenters. The number of fused-ring (bicyclic) bond motifs is 1. The van der Waals surface area contributed by atoms with E-state index in [1.165, 1.54) is 54.0 Å². The molecule has 0 fully saturated rings. The number of nitrogens with zero attached hydrogens (tertiary/aromatic N) is 1. The highest BCUT2D eigenvalue weighted by molar-refractivity contribution is 7.14. The number of aryl methyl sites for hydroxylation is 1. The summed E-state index contributed by atoms with van der Waals surface area (Å²) in [5.41, 5.74) is 1.12. The van der Waals surface area contributed by atoms with Gasteiger partial charge in [-0.1, -0.05) is 6.92 Å². The van der Waals surface area contributed by atoms with Gasteiger partial charge in [0.25, 0.3) is 11.6 Å². The normalized spacial score (nSPS) is 16.4. The molecule has 1 aliphatic rings. The Morgan fingerprint density at radius 1 is 1.34 bits per heavy atom. The SMILES string of the molecule is COc1ccc([N+](=O)[O-])cc1NC(=O)[C@H](C)OC(=O)c1cc2c(s1)CC[C@@H](C)C2. The molecule has 0 saturated heterocycles. The highest BCUT2D eigenvalue weighted by Gasteiger charge is 2.25. The minimum Gasteiger partial charge on any atom is -0.495 e. The second kappa shape index (κ2) is 8.60. The van der Waals surface area contributed by atoms with E-state index in [4.69, 9.17) is 9.47 Å². The van der Waals surface area contributed by atoms with Crippen LogP contribution in [0.2, 0.25) is 0 Å². The Hall–Kier alpha value is -2.94. The molecular weight excluding hydrogens is 396 g/mol. The molecule has 1 aliphatic carbocycles. The van der Waals surface area contributed by atoms with Crippen LogP contribution in [0.1, 0.15) is 40.4 Å². The summed E-state index contributed by atoms with van der Waals surface area (Å²) in [6.07, 6.45) is 1.93. The Morgan fingerprint density at radius 2 is 2.10 bits per heavy atom. The quantitative estimate of drug-likeness (QED) is 0.432. The van der Waals surface area contributed by atoms with E-state index in [-0.39, 0.29) is 17.1 Å². The Morgan fingerprint density at radius 3 is 2.79 bits per heavy atom. The van der Waals surface area contributed by atoms with Crippen molar-refractivity contribution in [1.82, 2.24) is 0 Å². The average Bonchev–Trinajstić information content (AvgIpc) is 3.11. The number of anilines is 1. The molecule has 0 unspecified atom stereocenters. The van der Waals surface area contributed by atoms with Crippen molar-refractivity contribution in [2.45, 2.75) is 39.2 Å². The van der Waals surface area contributed by atoms with Crippen LogP contribution >= 0.6 is 11.3 Å². The minimum atomic E-state index is -1.08. The van der Waals surface area contributed by atoms with Gasteiger partial charge in [0, 0.05) is 17.0 Å². The van der Waals surface area contributed by atoms with Gasteiger partial charge in [-0.15, -0.1) is 11.3 Å². The first kappa shape index (κ1) is 20.8. The van der Waals surface area contributed by atoms with E-state index >= 15 is 0 Å². The standard InChI is InChI=1S/C20H22N2O6S/c1-11-4-7-17-13(8-11)9-18(29-17)20(24)28-12(2)19(23)21-15-10-14(22(25)26)5-6-16(15)27-3/h5-6,9-12H,4,7-8H2,1-3H3,(H,21,23)/t11-,12+/m1/s1. The number of rotatable bonds is 6. The molecule has 0 radical (unpaired) electrons. The molecule has 9 heteroatoms. The lowest BCUT2D eigenvalue weighted by atomic mass is 9.90. The fourth-order valence-electron chi connectivity index (χ4n) is 3.22. The van der Waals surface area contributed by atoms with Gasteiger partial charge >= 0.3 is 5.97 Å². The summed E-state index contributed by atoms with van der Waals surface area (Å²) in [6, 6.07) is 5.71. The van der Waals surface area contributed by atoms with Crippen LogP contribution in [0.4, 0.5) is 11.4 Å². The van der Waals surface area contributed by atoms with E-state index in [1.54, 1.807) is 0 Å². The Bertz CT molecular complexity index is 954. The zero-order chi connectivity index (χ0) is 21.1. The van der Waals surface area contributed by atoms with E-state index in [1.807, 2.05) is 6.07 Å². The number of hydrogen-bond acceptors (Lipinski definition) is 7. The van der Waals surface area contributed by atoms with Gasteiger partial charge in [0.05, 0.1) is 17.7 Å². The lowest BCUT2D eigenvalue weighted by Crippen LogP contribution is -2.30. The Balaban J connectivity index is 1.67. The lowest BCUT2D eigenvalue weighted by molar-refractivity contribution is -0.384. The van der Waals surface area contributed by atoms with Crippen molar-refractivity contribution < 1.29 is 24.0 Å². The van der Waals surface area contributed by atoms with Crippen molar-refractivity contribution in [3.05, 3.63) is 49.7 Å². The van der Waals surface area contributed by atoms with E-state index in [0.717, 1.165) is 19.3 Å². The third-order valence-corrected chi connectivity index (χ3v) is 6.05. The van der Waals surface area contributed by atoms with Crippen LogP contribution in [-0.2, 0) is 22.4 Å². The van der Waals surface area contributed by atoms with Crippen LogP contribution in [0.3, 0.4) is 0 Å². The first-order valence-corrected chi connectivity index (χ1v) is 10.1. The molecule has 1 aromatic carbocycles. The predicted molar refractivity (Wildman–Crippen MR) is 109 cm³/mol. The average molecular weight is 418 g/mol. The second-order valence-electron chi connectivity index (χ2n) is 7.09. The van der Waals surface area contributed by atoms with Crippen LogP contribution in [-0.4, -0.2) is 30.0 Å². The molecule has 0 aliphatic heterocycles. The smallest absolute Gasteiger partial charge is 0.349 e. The summed E-state index contributed by atoms with van der Waals surface area (Å²) in [7, 11) is 1.39. The predicted octanol–water partition coefficient (Wildman–Crippen LogP) is 3.97. The third kappa shape index (κ3) is 4.73. The highest BCUT2D eigenvalue weighted by Crippen LogP contribution is 2.33. The number of nitro benzene ring substituents is 1. The minimum absolute atomic E-state index is 0.134. The zero-order valence-corrected chi connectivity index (χ0v) is 17.2. The van der Waals surface area contributed by atoms with Crippen LogP contribution < -0.4 is 10.1 Å². The molecule has 0 bridgehead atoms. The number of thiophene rings is 1. The van der Waals surface area contributed by atoms with Crippen molar-refractivity contribution in [2.75, 3.05) is 12.4 Å². The summed E-state index contributed by atoms with van der Waals surface area (Å²) in [5, 5.41) is 13.5. The number of carbonyl (C=O) groups is 2. The lowest BCUT2D eigenvalue weighted by Gasteiger charge is -2.16. The summed E-state index contributed by atoms with van der Waals surface area (Å²) in [6.45, 7) is 3.64. The van der Waals surface area contributed by atoms with Gasteiger partial charge in [-0.2, -0.15) is 0 Å². The van der Waals surface area contributed by atoms with Crippen molar-refractivity contribution >= 4 is 34.6 Å². The van der Waals surface area contributed by atoms with Crippen molar-refractivity contribution in [3.8, 4) is 5.75 Å². The van der Waals surface area contributed by atoms with Crippen LogP contribution in [0.15, 0.2) is 24.3 Å². The molecule has 1 amide bonds. The summed E-state index contributed by atoms with van der Waals surface area (Å²) in [4.78, 5) is 37.0. The molecule has 0 spiro atoms. The van der Waals surface area contributed by atoms with E-state index < -0.39 is 22.9 Å². The molecule has 29 heavy (non-hydrogen) atoms.